The van der Waals surface area contributed by atoms with E-state index >= 15 is 0 Å². The highest BCUT2D eigenvalue weighted by atomic mass is 15.1. The van der Waals surface area contributed by atoms with E-state index in [0.29, 0.717) is 12.0 Å². The lowest BCUT2D eigenvalue weighted by Crippen LogP contribution is -2.20. The van der Waals surface area contributed by atoms with E-state index in [1.165, 1.54) is 0 Å². The zero-order valence-corrected chi connectivity index (χ0v) is 11.8. The molecule has 0 saturated carbocycles. The van der Waals surface area contributed by atoms with Crippen molar-refractivity contribution in [3.8, 4) is 0 Å². The van der Waals surface area contributed by atoms with Gasteiger partial charge in [0.1, 0.15) is 29.6 Å². The molecule has 0 aromatic carbocycles. The quantitative estimate of drug-likeness (QED) is 0.595. The molecule has 6 nitrogen and oxygen atoms in total. The summed E-state index contributed by atoms with van der Waals surface area (Å²) < 4.78 is 0. The van der Waals surface area contributed by atoms with Gasteiger partial charge in [-0.2, -0.15) is 0 Å². The SMILES string of the molecule is N=C(N)C1=CC2=NC(CC3=NC4C=CC=CC4=N3)=NC2C=C1. The summed E-state index contributed by atoms with van der Waals surface area (Å²) in [5.74, 6) is 1.53. The van der Waals surface area contributed by atoms with E-state index in [4.69, 9.17) is 11.1 Å². The van der Waals surface area contributed by atoms with Crippen LogP contribution in [0, 0.1) is 5.41 Å². The van der Waals surface area contributed by atoms with Crippen molar-refractivity contribution in [2.75, 3.05) is 0 Å². The number of hydrogen-bond acceptors (Lipinski definition) is 5. The van der Waals surface area contributed by atoms with E-state index in [0.717, 1.165) is 23.1 Å². The van der Waals surface area contributed by atoms with Gasteiger partial charge < -0.3 is 5.73 Å². The van der Waals surface area contributed by atoms with Crippen LogP contribution in [0.25, 0.3) is 0 Å². The van der Waals surface area contributed by atoms with Crippen LogP contribution < -0.4 is 5.73 Å². The summed E-state index contributed by atoms with van der Waals surface area (Å²) >= 11 is 0. The first-order valence-electron chi connectivity index (χ1n) is 7.09. The molecule has 0 saturated heterocycles. The van der Waals surface area contributed by atoms with Crippen molar-refractivity contribution in [3.05, 3.63) is 48.1 Å². The molecule has 2 aliphatic heterocycles. The van der Waals surface area contributed by atoms with E-state index in [1.54, 1.807) is 0 Å². The molecular formula is C16H14N6. The van der Waals surface area contributed by atoms with Gasteiger partial charge in [-0.05, 0) is 12.2 Å². The van der Waals surface area contributed by atoms with Crippen LogP contribution in [0.3, 0.4) is 0 Å². The minimum Gasteiger partial charge on any atom is -0.384 e. The van der Waals surface area contributed by atoms with Crippen LogP contribution in [0.1, 0.15) is 6.42 Å². The van der Waals surface area contributed by atoms with Crippen molar-refractivity contribution in [1.29, 1.82) is 5.41 Å². The molecule has 108 valence electrons. The van der Waals surface area contributed by atoms with Crippen molar-refractivity contribution in [2.45, 2.75) is 18.5 Å². The van der Waals surface area contributed by atoms with Gasteiger partial charge >= 0.3 is 0 Å². The summed E-state index contributed by atoms with van der Waals surface area (Å²) in [6.07, 6.45) is 14.0. The zero-order valence-electron chi connectivity index (χ0n) is 11.8. The average Bonchev–Trinajstić information content (AvgIpc) is 3.08. The standard InChI is InChI=1S/C16H14N6/c17-16(18)9-5-6-12-13(7-9)22-15(21-12)8-14-19-10-3-1-2-4-11(10)20-14/h1-7,10,12H,8H2,(H3,17,18). The molecule has 0 radical (unpaired) electrons. The normalized spacial score (nSPS) is 27.5. The van der Waals surface area contributed by atoms with Gasteiger partial charge in [-0.15, -0.1) is 0 Å². The number of hydrogen-bond donors (Lipinski definition) is 2. The summed E-state index contributed by atoms with van der Waals surface area (Å²) in [7, 11) is 0. The lowest BCUT2D eigenvalue weighted by atomic mass is 10.0. The molecule has 22 heavy (non-hydrogen) atoms. The van der Waals surface area contributed by atoms with Gasteiger partial charge in [0.2, 0.25) is 0 Å². The van der Waals surface area contributed by atoms with Crippen LogP contribution in [0.4, 0.5) is 0 Å². The van der Waals surface area contributed by atoms with Crippen LogP contribution in [0.5, 0.6) is 0 Å². The first-order valence-corrected chi connectivity index (χ1v) is 7.09. The number of nitrogens with two attached hydrogens (primary N) is 1. The summed E-state index contributed by atoms with van der Waals surface area (Å²) in [5, 5.41) is 7.48. The predicted molar refractivity (Wildman–Crippen MR) is 89.4 cm³/mol. The average molecular weight is 290 g/mol. The molecule has 0 bridgehead atoms. The topological polar surface area (TPSA) is 99.3 Å². The third-order valence-corrected chi connectivity index (χ3v) is 3.76. The lowest BCUT2D eigenvalue weighted by molar-refractivity contribution is 1.09. The molecule has 0 aromatic rings. The van der Waals surface area contributed by atoms with E-state index in [1.807, 2.05) is 42.5 Å². The van der Waals surface area contributed by atoms with Gasteiger partial charge in [0.25, 0.3) is 0 Å². The molecule has 0 amide bonds. The molecule has 2 aliphatic carbocycles. The highest BCUT2D eigenvalue weighted by molar-refractivity contribution is 6.22. The summed E-state index contributed by atoms with van der Waals surface area (Å²) in [6.45, 7) is 0. The van der Waals surface area contributed by atoms with Gasteiger partial charge in [-0.3, -0.25) is 15.4 Å². The first kappa shape index (κ1) is 12.8. The van der Waals surface area contributed by atoms with Crippen molar-refractivity contribution in [1.82, 2.24) is 0 Å². The minimum atomic E-state index is -0.0742. The van der Waals surface area contributed by atoms with Gasteiger partial charge in [0.15, 0.2) is 0 Å². The maximum Gasteiger partial charge on any atom is 0.132 e. The molecule has 2 atom stereocenters. The van der Waals surface area contributed by atoms with Crippen molar-refractivity contribution >= 4 is 28.9 Å². The zero-order chi connectivity index (χ0) is 15.1. The highest BCUT2D eigenvalue weighted by Gasteiger charge is 2.25. The Balaban J connectivity index is 1.53. The summed E-state index contributed by atoms with van der Waals surface area (Å²) in [5.41, 5.74) is 7.97. The smallest absolute Gasteiger partial charge is 0.132 e. The first-order chi connectivity index (χ1) is 10.7. The monoisotopic (exact) mass is 290 g/mol. The Morgan fingerprint density at radius 1 is 1.00 bits per heavy atom. The van der Waals surface area contributed by atoms with Crippen molar-refractivity contribution in [3.63, 3.8) is 0 Å². The molecule has 6 heteroatoms. The fourth-order valence-electron chi connectivity index (χ4n) is 2.68. The largest absolute Gasteiger partial charge is 0.384 e. The Bertz CT molecular complexity index is 800. The van der Waals surface area contributed by atoms with Gasteiger partial charge in [-0.25, -0.2) is 9.98 Å². The number of aliphatic imine (C=N–C) groups is 4. The number of rotatable bonds is 3. The summed E-state index contributed by atoms with van der Waals surface area (Å²) in [4.78, 5) is 18.2. The highest BCUT2D eigenvalue weighted by Crippen LogP contribution is 2.20. The number of allylic oxidation sites excluding steroid dienone is 2. The Morgan fingerprint density at radius 2 is 1.73 bits per heavy atom. The number of amidine groups is 3. The molecule has 4 aliphatic rings. The third-order valence-electron chi connectivity index (χ3n) is 3.76. The van der Waals surface area contributed by atoms with Crippen LogP contribution in [-0.4, -0.2) is 41.0 Å². The van der Waals surface area contributed by atoms with Crippen LogP contribution in [0.2, 0.25) is 0 Å². The molecule has 0 aromatic heterocycles. The van der Waals surface area contributed by atoms with E-state index in [-0.39, 0.29) is 17.9 Å². The Morgan fingerprint density at radius 3 is 2.45 bits per heavy atom. The van der Waals surface area contributed by atoms with E-state index in [2.05, 4.69) is 20.0 Å². The number of nitrogens with one attached hydrogen (secondary N) is 1. The maximum atomic E-state index is 7.48. The molecule has 2 heterocycles. The maximum absolute atomic E-state index is 7.48. The second-order valence-corrected chi connectivity index (χ2v) is 5.35. The van der Waals surface area contributed by atoms with Gasteiger partial charge in [0, 0.05) is 5.57 Å². The molecular weight excluding hydrogens is 276 g/mol. The van der Waals surface area contributed by atoms with Crippen molar-refractivity contribution in [2.24, 2.45) is 25.7 Å². The molecule has 0 fully saturated rings. The fraction of sp³-hybridized carbons (Fsp3) is 0.188. The van der Waals surface area contributed by atoms with Crippen LogP contribution >= 0.6 is 0 Å². The van der Waals surface area contributed by atoms with E-state index in [9.17, 15) is 0 Å². The van der Waals surface area contributed by atoms with Gasteiger partial charge in [0.05, 0.1) is 17.8 Å². The van der Waals surface area contributed by atoms with Crippen LogP contribution in [0.15, 0.2) is 68.1 Å². The summed E-state index contributed by atoms with van der Waals surface area (Å²) in [6, 6.07) is -0.0316. The second kappa shape index (κ2) is 4.84. The molecule has 2 unspecified atom stereocenters. The fourth-order valence-corrected chi connectivity index (χ4v) is 2.68. The second-order valence-electron chi connectivity index (χ2n) is 5.35. The van der Waals surface area contributed by atoms with Gasteiger partial charge in [-0.1, -0.05) is 30.4 Å². The van der Waals surface area contributed by atoms with Crippen LogP contribution in [-0.2, 0) is 0 Å². The predicted octanol–water partition coefficient (Wildman–Crippen LogP) is 1.38. The Hall–Kier alpha value is -2.89. The third kappa shape index (κ3) is 2.18. The van der Waals surface area contributed by atoms with E-state index < -0.39 is 0 Å². The molecule has 3 N–H and O–H groups in total. The number of nitrogens with zero attached hydrogens (tertiary/aromatic N) is 4. The number of fused-ring (bicyclic) bond motifs is 2. The van der Waals surface area contributed by atoms with Crippen molar-refractivity contribution < 1.29 is 0 Å². The Labute approximate surface area is 127 Å². The Kier molecular flexibility index (Phi) is 2.82. The molecule has 4 rings (SSSR count). The minimum absolute atomic E-state index is 0.0417. The lowest BCUT2D eigenvalue weighted by Gasteiger charge is -2.09. The molecule has 0 spiro atoms.